The first kappa shape index (κ1) is 22.3. The van der Waals surface area contributed by atoms with Crippen LogP contribution in [0, 0.1) is 22.6 Å². The standard InChI is InChI=1S/C22H29FN6O3/c1-22(7-9-26-12-22)19(27(2)10-4-8-24)16-15(23)11-14-17(18(16)32-3)28(13-5-6-13)21(31)29(25)20(14)30/h11,13,19,26H,4-7,9-10,12,25H2,1-3H3. The lowest BCUT2D eigenvalue weighted by atomic mass is 9.76. The molecular formula is C22H29FN6O3. The number of rotatable bonds is 7. The Morgan fingerprint density at radius 3 is 2.75 bits per heavy atom. The summed E-state index contributed by atoms with van der Waals surface area (Å²) in [5.74, 6) is 5.33. The van der Waals surface area contributed by atoms with Gasteiger partial charge in [-0.25, -0.2) is 9.18 Å². The van der Waals surface area contributed by atoms with E-state index in [9.17, 15) is 9.59 Å². The number of methoxy groups -OCH3 is 1. The summed E-state index contributed by atoms with van der Waals surface area (Å²) in [6, 6.07) is 2.78. The van der Waals surface area contributed by atoms with Gasteiger partial charge in [-0.1, -0.05) is 6.92 Å². The molecule has 4 rings (SSSR count). The van der Waals surface area contributed by atoms with Gasteiger partial charge >= 0.3 is 5.69 Å². The van der Waals surface area contributed by atoms with Crippen molar-refractivity contribution in [1.82, 2.24) is 19.5 Å². The second kappa shape index (κ2) is 8.22. The van der Waals surface area contributed by atoms with Gasteiger partial charge in [0.25, 0.3) is 5.56 Å². The van der Waals surface area contributed by atoms with Crippen molar-refractivity contribution in [3.05, 3.63) is 38.3 Å². The summed E-state index contributed by atoms with van der Waals surface area (Å²) >= 11 is 0. The molecule has 1 saturated heterocycles. The number of nitrogen functional groups attached to an aromatic ring is 1. The van der Waals surface area contributed by atoms with Gasteiger partial charge in [0, 0.05) is 42.6 Å². The van der Waals surface area contributed by atoms with E-state index in [2.05, 4.69) is 18.3 Å². The SMILES string of the molecule is COc1c(C(N(C)CCC#N)C2(C)CCNC2)c(F)cc2c(=O)n(N)c(=O)n(C3CC3)c12. The highest BCUT2D eigenvalue weighted by Crippen LogP contribution is 2.49. The maximum absolute atomic E-state index is 15.8. The van der Waals surface area contributed by atoms with Crippen LogP contribution in [-0.4, -0.2) is 47.9 Å². The molecular weight excluding hydrogens is 415 g/mol. The van der Waals surface area contributed by atoms with E-state index in [1.165, 1.54) is 17.7 Å². The topological polar surface area (TPSA) is 118 Å². The highest BCUT2D eigenvalue weighted by atomic mass is 19.1. The van der Waals surface area contributed by atoms with Crippen LogP contribution in [0.5, 0.6) is 5.75 Å². The molecule has 2 aromatic rings. The minimum atomic E-state index is -0.756. The highest BCUT2D eigenvalue weighted by Gasteiger charge is 2.44. The quantitative estimate of drug-likeness (QED) is 0.617. The molecule has 2 fully saturated rings. The van der Waals surface area contributed by atoms with E-state index < -0.39 is 23.1 Å². The summed E-state index contributed by atoms with van der Waals surface area (Å²) in [6.07, 6.45) is 2.64. The Hall–Kier alpha value is -2.90. The summed E-state index contributed by atoms with van der Waals surface area (Å²) in [6.45, 7) is 3.98. The van der Waals surface area contributed by atoms with Crippen LogP contribution in [0.3, 0.4) is 0 Å². The predicted molar refractivity (Wildman–Crippen MR) is 119 cm³/mol. The van der Waals surface area contributed by atoms with Gasteiger partial charge in [0.05, 0.1) is 18.6 Å². The third-order valence-corrected chi connectivity index (χ3v) is 6.81. The number of nitrogens with one attached hydrogen (secondary N) is 1. The average molecular weight is 445 g/mol. The summed E-state index contributed by atoms with van der Waals surface area (Å²) in [5, 5.41) is 12.5. The van der Waals surface area contributed by atoms with Crippen LogP contribution in [0.4, 0.5) is 4.39 Å². The fourth-order valence-corrected chi connectivity index (χ4v) is 5.12. The Morgan fingerprint density at radius 1 is 1.47 bits per heavy atom. The van der Waals surface area contributed by atoms with Crippen LogP contribution in [0.25, 0.3) is 10.9 Å². The van der Waals surface area contributed by atoms with Crippen LogP contribution < -0.4 is 27.1 Å². The van der Waals surface area contributed by atoms with E-state index in [1.54, 1.807) is 0 Å². The normalized spacial score (nSPS) is 21.8. The lowest BCUT2D eigenvalue weighted by Gasteiger charge is -2.41. The Kier molecular flexibility index (Phi) is 5.73. The molecule has 172 valence electrons. The van der Waals surface area contributed by atoms with Crippen molar-refractivity contribution in [3.63, 3.8) is 0 Å². The number of nitrogens with zero attached hydrogens (tertiary/aromatic N) is 4. The van der Waals surface area contributed by atoms with Crippen molar-refractivity contribution >= 4 is 10.9 Å². The van der Waals surface area contributed by atoms with Gasteiger partial charge in [0.15, 0.2) is 5.75 Å². The molecule has 2 atom stereocenters. The van der Waals surface area contributed by atoms with Crippen molar-refractivity contribution in [1.29, 1.82) is 5.26 Å². The van der Waals surface area contributed by atoms with Gasteiger partial charge in [-0.05, 0) is 38.9 Å². The first-order valence-corrected chi connectivity index (χ1v) is 10.9. The number of nitriles is 1. The van der Waals surface area contributed by atoms with Gasteiger partial charge < -0.3 is 15.9 Å². The number of hydrogen-bond acceptors (Lipinski definition) is 7. The van der Waals surface area contributed by atoms with E-state index in [4.69, 9.17) is 15.8 Å². The largest absolute Gasteiger partial charge is 0.494 e. The van der Waals surface area contributed by atoms with Crippen LogP contribution in [0.1, 0.15) is 50.3 Å². The zero-order valence-electron chi connectivity index (χ0n) is 18.7. The fourth-order valence-electron chi connectivity index (χ4n) is 5.12. The van der Waals surface area contributed by atoms with Crippen molar-refractivity contribution in [2.75, 3.05) is 39.6 Å². The lowest BCUT2D eigenvalue weighted by Crippen LogP contribution is -2.45. The predicted octanol–water partition coefficient (Wildman–Crippen LogP) is 1.25. The van der Waals surface area contributed by atoms with Gasteiger partial charge in [-0.2, -0.15) is 9.94 Å². The zero-order valence-corrected chi connectivity index (χ0v) is 18.7. The second-order valence-electron chi connectivity index (χ2n) is 9.13. The number of hydrogen-bond donors (Lipinski definition) is 2. The molecule has 1 aromatic carbocycles. The average Bonchev–Trinajstić information content (AvgIpc) is 3.51. The fraction of sp³-hybridized carbons (Fsp3) is 0.591. The molecule has 32 heavy (non-hydrogen) atoms. The smallest absolute Gasteiger partial charge is 0.350 e. The van der Waals surface area contributed by atoms with E-state index in [0.29, 0.717) is 29.7 Å². The summed E-state index contributed by atoms with van der Waals surface area (Å²) in [5.41, 5.74) is -1.15. The first-order valence-electron chi connectivity index (χ1n) is 10.9. The Labute approximate surface area is 185 Å². The van der Waals surface area contributed by atoms with Crippen LogP contribution in [-0.2, 0) is 0 Å². The van der Waals surface area contributed by atoms with E-state index in [1.807, 2.05) is 11.9 Å². The molecule has 0 bridgehead atoms. The first-order chi connectivity index (χ1) is 15.2. The molecule has 1 aromatic heterocycles. The number of ether oxygens (including phenoxy) is 1. The summed E-state index contributed by atoms with van der Waals surface area (Å²) in [7, 11) is 3.29. The number of fused-ring (bicyclic) bond motifs is 1. The molecule has 0 radical (unpaired) electrons. The Bertz CT molecular complexity index is 1200. The molecule has 1 aliphatic carbocycles. The third-order valence-electron chi connectivity index (χ3n) is 6.81. The Balaban J connectivity index is 2.06. The van der Waals surface area contributed by atoms with Crippen molar-refractivity contribution < 1.29 is 9.13 Å². The molecule has 9 nitrogen and oxygen atoms in total. The maximum atomic E-state index is 15.8. The lowest BCUT2D eigenvalue weighted by molar-refractivity contribution is 0.108. The van der Waals surface area contributed by atoms with Gasteiger partial charge in [-0.3, -0.25) is 14.3 Å². The number of benzene rings is 1. The van der Waals surface area contributed by atoms with E-state index in [-0.39, 0.29) is 28.1 Å². The highest BCUT2D eigenvalue weighted by molar-refractivity contribution is 5.86. The molecule has 2 heterocycles. The van der Waals surface area contributed by atoms with Gasteiger partial charge in [0.2, 0.25) is 0 Å². The number of halogens is 1. The minimum Gasteiger partial charge on any atom is -0.494 e. The van der Waals surface area contributed by atoms with Gasteiger partial charge in [-0.15, -0.1) is 0 Å². The van der Waals surface area contributed by atoms with Gasteiger partial charge in [0.1, 0.15) is 11.3 Å². The van der Waals surface area contributed by atoms with Crippen LogP contribution in [0.15, 0.2) is 15.7 Å². The van der Waals surface area contributed by atoms with E-state index in [0.717, 1.165) is 25.8 Å². The zero-order chi connectivity index (χ0) is 23.2. The molecule has 3 N–H and O–H groups in total. The molecule has 0 amide bonds. The minimum absolute atomic E-state index is 0.0187. The summed E-state index contributed by atoms with van der Waals surface area (Å²) < 4.78 is 23.6. The molecule has 10 heteroatoms. The molecule has 1 aliphatic heterocycles. The molecule has 1 saturated carbocycles. The molecule has 0 spiro atoms. The van der Waals surface area contributed by atoms with E-state index >= 15 is 4.39 Å². The number of nitrogens with two attached hydrogens (primary N) is 1. The number of aromatic nitrogens is 2. The van der Waals surface area contributed by atoms with Crippen molar-refractivity contribution in [2.24, 2.45) is 5.41 Å². The van der Waals surface area contributed by atoms with Crippen molar-refractivity contribution in [2.45, 2.75) is 44.7 Å². The van der Waals surface area contributed by atoms with Crippen LogP contribution in [0.2, 0.25) is 0 Å². The van der Waals surface area contributed by atoms with Crippen molar-refractivity contribution in [3.8, 4) is 11.8 Å². The van der Waals surface area contributed by atoms with Crippen LogP contribution >= 0.6 is 0 Å². The molecule has 2 aliphatic rings. The second-order valence-corrected chi connectivity index (χ2v) is 9.13. The molecule has 2 unspecified atom stereocenters. The summed E-state index contributed by atoms with van der Waals surface area (Å²) in [4.78, 5) is 27.7. The third kappa shape index (κ3) is 3.45. The Morgan fingerprint density at radius 2 is 2.19 bits per heavy atom. The maximum Gasteiger partial charge on any atom is 0.350 e. The monoisotopic (exact) mass is 444 g/mol.